The summed E-state index contributed by atoms with van der Waals surface area (Å²) in [6.45, 7) is 1.39. The van der Waals surface area contributed by atoms with Gasteiger partial charge in [-0.25, -0.2) is 4.39 Å². The molecule has 1 saturated heterocycles. The van der Waals surface area contributed by atoms with E-state index in [0.29, 0.717) is 17.5 Å². The van der Waals surface area contributed by atoms with Gasteiger partial charge in [0, 0.05) is 32.0 Å². The van der Waals surface area contributed by atoms with Gasteiger partial charge in [0.05, 0.1) is 11.7 Å². The highest BCUT2D eigenvalue weighted by molar-refractivity contribution is 7.80. The molecule has 7 heteroatoms. The van der Waals surface area contributed by atoms with E-state index < -0.39 is 0 Å². The largest absolute Gasteiger partial charge is 0.459 e. The number of methoxy groups -OCH3 is 1. The topological polar surface area (TPSA) is 50.5 Å². The van der Waals surface area contributed by atoms with Gasteiger partial charge in [0.1, 0.15) is 23.4 Å². The van der Waals surface area contributed by atoms with Crippen LogP contribution in [0.2, 0.25) is 0 Å². The molecule has 0 bridgehead atoms. The molecule has 1 aromatic carbocycles. The summed E-state index contributed by atoms with van der Waals surface area (Å²) in [6.07, 6.45) is 2.62. The number of nitrogens with one attached hydrogen (secondary N) is 1. The van der Waals surface area contributed by atoms with E-state index in [9.17, 15) is 4.39 Å². The third-order valence-corrected chi connectivity index (χ3v) is 5.34. The van der Waals surface area contributed by atoms with Crippen LogP contribution in [0.3, 0.4) is 0 Å². The van der Waals surface area contributed by atoms with Gasteiger partial charge in [0.25, 0.3) is 0 Å². The summed E-state index contributed by atoms with van der Waals surface area (Å²) in [6, 6.07) is 15.7. The van der Waals surface area contributed by atoms with E-state index in [0.717, 1.165) is 30.0 Å². The quantitative estimate of drug-likeness (QED) is 0.457. The molecule has 1 aliphatic rings. The van der Waals surface area contributed by atoms with Gasteiger partial charge in [-0.3, -0.25) is 4.98 Å². The molecule has 150 valence electrons. The molecular formula is C22H22FN3O2S. The minimum absolute atomic E-state index is 0.126. The van der Waals surface area contributed by atoms with Crippen LogP contribution >= 0.6 is 12.2 Å². The summed E-state index contributed by atoms with van der Waals surface area (Å²) in [5.74, 6) is 1.20. The van der Waals surface area contributed by atoms with Gasteiger partial charge in [-0.2, -0.15) is 0 Å². The molecule has 1 N–H and O–H groups in total. The monoisotopic (exact) mass is 411 g/mol. The molecule has 1 aliphatic heterocycles. The first kappa shape index (κ1) is 19.5. The summed E-state index contributed by atoms with van der Waals surface area (Å²) >= 11 is 5.62. The number of hydrogen-bond donors (Lipinski definition) is 1. The van der Waals surface area contributed by atoms with E-state index in [2.05, 4.69) is 15.2 Å². The Morgan fingerprint density at radius 1 is 1.17 bits per heavy atom. The van der Waals surface area contributed by atoms with Crippen molar-refractivity contribution < 1.29 is 13.5 Å². The summed E-state index contributed by atoms with van der Waals surface area (Å²) in [5.41, 5.74) is 1.72. The second-order valence-electron chi connectivity index (χ2n) is 6.88. The van der Waals surface area contributed by atoms with Crippen molar-refractivity contribution in [2.24, 2.45) is 0 Å². The maximum Gasteiger partial charge on any atom is 0.170 e. The maximum absolute atomic E-state index is 13.3. The number of pyridine rings is 1. The van der Waals surface area contributed by atoms with Crippen molar-refractivity contribution in [3.05, 3.63) is 78.1 Å². The Morgan fingerprint density at radius 2 is 2.00 bits per heavy atom. The van der Waals surface area contributed by atoms with Gasteiger partial charge in [-0.15, -0.1) is 0 Å². The first-order valence-corrected chi connectivity index (χ1v) is 9.91. The number of hydrogen-bond acceptors (Lipinski definition) is 4. The van der Waals surface area contributed by atoms with Crippen molar-refractivity contribution >= 4 is 17.3 Å². The lowest BCUT2D eigenvalue weighted by atomic mass is 10.0. The van der Waals surface area contributed by atoms with Crippen LogP contribution in [0.5, 0.6) is 0 Å². The zero-order valence-corrected chi connectivity index (χ0v) is 16.9. The van der Waals surface area contributed by atoms with Gasteiger partial charge in [-0.1, -0.05) is 6.07 Å². The number of ether oxygens (including phenoxy) is 1. The predicted molar refractivity (Wildman–Crippen MR) is 113 cm³/mol. The molecule has 2 atom stereocenters. The second kappa shape index (κ2) is 8.71. The molecule has 0 spiro atoms. The zero-order valence-electron chi connectivity index (χ0n) is 16.0. The van der Waals surface area contributed by atoms with Gasteiger partial charge >= 0.3 is 0 Å². The van der Waals surface area contributed by atoms with Crippen molar-refractivity contribution in [3.8, 4) is 11.3 Å². The highest BCUT2D eigenvalue weighted by Crippen LogP contribution is 2.40. The van der Waals surface area contributed by atoms with Crippen molar-refractivity contribution in [1.82, 2.24) is 15.2 Å². The number of rotatable bonds is 7. The average Bonchev–Trinajstić information content (AvgIpc) is 3.34. The Bertz CT molecular complexity index is 962. The molecule has 0 saturated carbocycles. The lowest BCUT2D eigenvalue weighted by molar-refractivity contribution is 0.177. The van der Waals surface area contributed by atoms with Gasteiger partial charge in [0.2, 0.25) is 0 Å². The number of halogens is 1. The molecule has 2 aromatic heterocycles. The number of thiocarbonyl (C=S) groups is 1. The molecule has 0 amide bonds. The molecule has 29 heavy (non-hydrogen) atoms. The highest BCUT2D eigenvalue weighted by Gasteiger charge is 2.41. The minimum Gasteiger partial charge on any atom is -0.459 e. The second-order valence-corrected chi connectivity index (χ2v) is 7.26. The average molecular weight is 412 g/mol. The van der Waals surface area contributed by atoms with E-state index >= 15 is 0 Å². The van der Waals surface area contributed by atoms with Crippen LogP contribution in [0, 0.1) is 5.82 Å². The summed E-state index contributed by atoms with van der Waals surface area (Å²) in [4.78, 5) is 6.65. The van der Waals surface area contributed by atoms with Gasteiger partial charge in [0.15, 0.2) is 5.11 Å². The molecule has 1 fully saturated rings. The Balaban J connectivity index is 1.67. The Kier molecular flexibility index (Phi) is 5.87. The van der Waals surface area contributed by atoms with E-state index in [1.54, 1.807) is 25.4 Å². The Morgan fingerprint density at radius 3 is 2.72 bits per heavy atom. The zero-order chi connectivity index (χ0) is 20.2. The van der Waals surface area contributed by atoms with E-state index in [1.165, 1.54) is 12.1 Å². The summed E-state index contributed by atoms with van der Waals surface area (Å²) < 4.78 is 24.7. The summed E-state index contributed by atoms with van der Waals surface area (Å²) in [5, 5.41) is 4.06. The highest BCUT2D eigenvalue weighted by atomic mass is 32.1. The molecule has 3 aromatic rings. The maximum atomic E-state index is 13.3. The van der Waals surface area contributed by atoms with Crippen LogP contribution < -0.4 is 5.32 Å². The van der Waals surface area contributed by atoms with Crippen molar-refractivity contribution in [3.63, 3.8) is 0 Å². The number of furan rings is 1. The molecule has 0 radical (unpaired) electrons. The van der Waals surface area contributed by atoms with Crippen LogP contribution in [-0.2, 0) is 4.74 Å². The third kappa shape index (κ3) is 4.16. The van der Waals surface area contributed by atoms with Crippen molar-refractivity contribution in [1.29, 1.82) is 0 Å². The molecular weight excluding hydrogens is 389 g/mol. The fourth-order valence-corrected chi connectivity index (χ4v) is 3.95. The van der Waals surface area contributed by atoms with Crippen LogP contribution in [0.1, 0.15) is 30.0 Å². The van der Waals surface area contributed by atoms with E-state index in [4.69, 9.17) is 21.4 Å². The lowest BCUT2D eigenvalue weighted by Crippen LogP contribution is -2.31. The van der Waals surface area contributed by atoms with Crippen LogP contribution in [0.25, 0.3) is 11.3 Å². The molecule has 5 nitrogen and oxygen atoms in total. The fourth-order valence-electron chi connectivity index (χ4n) is 3.62. The van der Waals surface area contributed by atoms with Crippen LogP contribution in [0.4, 0.5) is 4.39 Å². The van der Waals surface area contributed by atoms with Crippen molar-refractivity contribution in [2.75, 3.05) is 20.3 Å². The molecule has 3 heterocycles. The van der Waals surface area contributed by atoms with E-state index in [-0.39, 0.29) is 17.9 Å². The standard InChI is InChI=1S/C22H22FN3O2S/c1-27-14-4-13-26-21(20(25-22(26)29)17-5-2-3-12-24-17)19-11-10-18(28-19)15-6-8-16(23)9-7-15/h2-3,5-12,20-21H,4,13-14H2,1H3,(H,25,29)/t20-,21+/m0/s1. The molecule has 4 rings (SSSR count). The van der Waals surface area contributed by atoms with Gasteiger partial charge in [-0.05, 0) is 67.2 Å². The van der Waals surface area contributed by atoms with Crippen molar-refractivity contribution in [2.45, 2.75) is 18.5 Å². The predicted octanol–water partition coefficient (Wildman–Crippen LogP) is 4.49. The molecule has 0 aliphatic carbocycles. The van der Waals surface area contributed by atoms with Gasteiger partial charge < -0.3 is 19.4 Å². The normalized spacial score (nSPS) is 18.8. The minimum atomic E-state index is -0.273. The van der Waals surface area contributed by atoms with Crippen LogP contribution in [-0.4, -0.2) is 35.3 Å². The third-order valence-electron chi connectivity index (χ3n) is 4.99. The smallest absolute Gasteiger partial charge is 0.170 e. The SMILES string of the molecule is COCCCN1C(=S)N[C@@H](c2ccccn2)[C@H]1c1ccc(-c2ccc(F)cc2)o1. The van der Waals surface area contributed by atoms with Crippen LogP contribution in [0.15, 0.2) is 65.2 Å². The first-order valence-electron chi connectivity index (χ1n) is 9.50. The Hall–Kier alpha value is -2.77. The summed E-state index contributed by atoms with van der Waals surface area (Å²) in [7, 11) is 1.69. The lowest BCUT2D eigenvalue weighted by Gasteiger charge is -2.25. The number of aromatic nitrogens is 1. The number of benzene rings is 1. The fraction of sp³-hybridized carbons (Fsp3) is 0.273. The first-order chi connectivity index (χ1) is 14.2. The number of nitrogens with zero attached hydrogens (tertiary/aromatic N) is 2. The Labute approximate surface area is 174 Å². The molecule has 0 unspecified atom stereocenters. The van der Waals surface area contributed by atoms with E-state index in [1.807, 2.05) is 30.3 Å².